The Hall–Kier alpha value is -2.28. The number of piperazine rings is 1. The van der Waals surface area contributed by atoms with Gasteiger partial charge in [-0.25, -0.2) is 0 Å². The monoisotopic (exact) mass is 399 g/mol. The molecule has 1 fully saturated rings. The smallest absolute Gasteiger partial charge is 0.0573 e. The van der Waals surface area contributed by atoms with Gasteiger partial charge in [-0.1, -0.05) is 17.7 Å². The molecule has 0 aromatic heterocycles. The number of benzene rings is 2. The van der Waals surface area contributed by atoms with E-state index in [1.165, 1.54) is 11.3 Å². The molecule has 1 saturated heterocycles. The van der Waals surface area contributed by atoms with Crippen molar-refractivity contribution < 1.29 is 4.79 Å². The van der Waals surface area contributed by atoms with Gasteiger partial charge in [0.1, 0.15) is 0 Å². The third-order valence-electron chi connectivity index (χ3n) is 4.47. The van der Waals surface area contributed by atoms with E-state index in [4.69, 9.17) is 5.26 Å². The summed E-state index contributed by atoms with van der Waals surface area (Å²) >= 11 is -0.0160. The molecule has 128 valence electrons. The van der Waals surface area contributed by atoms with Crippen molar-refractivity contribution in [1.82, 2.24) is 4.90 Å². The van der Waals surface area contributed by atoms with E-state index < -0.39 is 0 Å². The molecule has 0 saturated carbocycles. The van der Waals surface area contributed by atoms with Crippen LogP contribution < -0.4 is 4.90 Å². The second-order valence-corrected chi connectivity index (χ2v) is 7.79. The van der Waals surface area contributed by atoms with Gasteiger partial charge in [0, 0.05) is 0 Å². The molecule has 1 aliphatic rings. The van der Waals surface area contributed by atoms with E-state index in [0.717, 1.165) is 42.6 Å². The molecule has 2 aromatic rings. The second kappa shape index (κ2) is 8.20. The molecule has 0 N–H and O–H groups in total. The van der Waals surface area contributed by atoms with Gasteiger partial charge in [-0.15, -0.1) is 0 Å². The Balaban J connectivity index is 1.58. The Morgan fingerprint density at radius 1 is 1.04 bits per heavy atom. The van der Waals surface area contributed by atoms with Crippen LogP contribution in [0.25, 0.3) is 0 Å². The Kier molecular flexibility index (Phi) is 5.75. The minimum atomic E-state index is -0.0160. The zero-order chi connectivity index (χ0) is 17.6. The normalized spacial score (nSPS) is 14.2. The number of aryl methyl sites for hydroxylation is 1. The van der Waals surface area contributed by atoms with E-state index >= 15 is 0 Å². The number of hydrogen-bond donors (Lipinski definition) is 0. The van der Waals surface area contributed by atoms with E-state index in [0.29, 0.717) is 0 Å². The fraction of sp³-hybridized carbons (Fsp3) is 0.300. The number of carbonyl (C=O) groups excluding carboxylic acids is 1. The second-order valence-electron chi connectivity index (χ2n) is 6.19. The Labute approximate surface area is 155 Å². The van der Waals surface area contributed by atoms with E-state index in [2.05, 4.69) is 41.1 Å². The van der Waals surface area contributed by atoms with Crippen molar-refractivity contribution in [3.05, 3.63) is 65.2 Å². The average molecular weight is 398 g/mol. The van der Waals surface area contributed by atoms with E-state index in [1.807, 2.05) is 29.2 Å². The van der Waals surface area contributed by atoms with Gasteiger partial charge >= 0.3 is 130 Å². The van der Waals surface area contributed by atoms with Gasteiger partial charge in [-0.3, -0.25) is 0 Å². The van der Waals surface area contributed by atoms with E-state index in [9.17, 15) is 4.79 Å². The zero-order valence-electron chi connectivity index (χ0n) is 14.3. The topological polar surface area (TPSA) is 47.3 Å². The van der Waals surface area contributed by atoms with Crippen LogP contribution in [-0.2, 0) is 5.32 Å². The average Bonchev–Trinajstić information content (AvgIpc) is 2.67. The molecule has 5 heteroatoms. The van der Waals surface area contributed by atoms with Gasteiger partial charge in [0.2, 0.25) is 0 Å². The summed E-state index contributed by atoms with van der Waals surface area (Å²) < 4.78 is 0. The fourth-order valence-corrected chi connectivity index (χ4v) is 3.85. The summed E-state index contributed by atoms with van der Waals surface area (Å²) in [5, 5.41) is 9.47. The number of nitriles is 1. The molecule has 1 aliphatic heterocycles. The minimum absolute atomic E-state index is 0.0160. The van der Waals surface area contributed by atoms with Crippen LogP contribution in [0, 0.1) is 17.2 Å². The first-order valence-electron chi connectivity index (χ1n) is 8.38. The molecule has 1 amide bonds. The van der Waals surface area contributed by atoms with Crippen LogP contribution in [0.5, 0.6) is 0 Å². The van der Waals surface area contributed by atoms with Crippen LogP contribution in [0.2, 0.25) is 0 Å². The van der Waals surface area contributed by atoms with Crippen LogP contribution in [0.1, 0.15) is 21.5 Å². The van der Waals surface area contributed by atoms with Crippen molar-refractivity contribution in [2.45, 2.75) is 12.2 Å². The Morgan fingerprint density at radius 3 is 2.28 bits per heavy atom. The first kappa shape index (κ1) is 17.5. The first-order valence-corrected chi connectivity index (χ1v) is 10.4. The molecular weight excluding hydrogens is 377 g/mol. The van der Waals surface area contributed by atoms with Gasteiger partial charge in [-0.2, -0.15) is 0 Å². The summed E-state index contributed by atoms with van der Waals surface area (Å²) in [7, 11) is 0. The number of rotatable bonds is 4. The molecule has 0 unspecified atom stereocenters. The van der Waals surface area contributed by atoms with E-state index in [1.54, 1.807) is 0 Å². The summed E-state index contributed by atoms with van der Waals surface area (Å²) in [5.74, 6) is 0.0981. The third-order valence-corrected chi connectivity index (χ3v) is 5.74. The Morgan fingerprint density at radius 2 is 1.68 bits per heavy atom. The molecule has 0 atom stereocenters. The molecule has 25 heavy (non-hydrogen) atoms. The predicted molar refractivity (Wildman–Crippen MR) is 101 cm³/mol. The minimum Gasteiger partial charge on any atom is -0.0573 e. The van der Waals surface area contributed by atoms with Crippen LogP contribution in [0.4, 0.5) is 5.69 Å². The van der Waals surface area contributed by atoms with Crippen molar-refractivity contribution in [1.29, 1.82) is 5.26 Å². The fourth-order valence-electron chi connectivity index (χ4n) is 2.97. The van der Waals surface area contributed by atoms with Gasteiger partial charge in [0.05, 0.1) is 0 Å². The van der Waals surface area contributed by atoms with Crippen LogP contribution in [0.15, 0.2) is 48.5 Å². The van der Waals surface area contributed by atoms with Crippen LogP contribution in [0.3, 0.4) is 0 Å². The summed E-state index contributed by atoms with van der Waals surface area (Å²) in [5.41, 5.74) is 4.35. The van der Waals surface area contributed by atoms with Gasteiger partial charge in [0.15, 0.2) is 0 Å². The summed E-state index contributed by atoms with van der Waals surface area (Å²) in [6, 6.07) is 16.3. The SMILES string of the molecule is Cc1ccc(N2CCN(C(=O)c3ccc(C[Se]C#N)cc3)CC2)cc1. The molecule has 0 radical (unpaired) electrons. The maximum atomic E-state index is 12.7. The number of amides is 1. The van der Waals surface area contributed by atoms with Crippen molar-refractivity contribution in [2.75, 3.05) is 31.1 Å². The third kappa shape index (κ3) is 4.42. The number of carbonyl (C=O) groups is 1. The quantitative estimate of drug-likeness (QED) is 0.744. The molecular formula is C20H21N3OSe. The summed E-state index contributed by atoms with van der Waals surface area (Å²) in [4.78, 5) is 19.1. The molecule has 0 spiro atoms. The summed E-state index contributed by atoms with van der Waals surface area (Å²) in [6.45, 7) is 5.29. The van der Waals surface area contributed by atoms with Crippen molar-refractivity contribution >= 4 is 26.6 Å². The van der Waals surface area contributed by atoms with Crippen molar-refractivity contribution in [3.8, 4) is 4.97 Å². The van der Waals surface area contributed by atoms with E-state index in [-0.39, 0.29) is 20.9 Å². The number of anilines is 1. The van der Waals surface area contributed by atoms with Crippen molar-refractivity contribution in [2.24, 2.45) is 0 Å². The molecule has 4 nitrogen and oxygen atoms in total. The Bertz CT molecular complexity index is 757. The van der Waals surface area contributed by atoms with Crippen molar-refractivity contribution in [3.63, 3.8) is 0 Å². The van der Waals surface area contributed by atoms with Gasteiger partial charge in [0.25, 0.3) is 0 Å². The zero-order valence-corrected chi connectivity index (χ0v) is 16.0. The van der Waals surface area contributed by atoms with Crippen LogP contribution >= 0.6 is 0 Å². The standard InChI is InChI=1S/C20H21N3OSe/c1-16-2-8-19(9-3-16)22-10-12-23(13-11-22)20(24)18-6-4-17(5-7-18)14-25-15-21/h2-9H,10-14H2,1H3. The molecule has 1 heterocycles. The number of hydrogen-bond acceptors (Lipinski definition) is 3. The molecule has 0 aliphatic carbocycles. The van der Waals surface area contributed by atoms with Gasteiger partial charge in [-0.05, 0) is 6.92 Å². The summed E-state index contributed by atoms with van der Waals surface area (Å²) in [6.07, 6.45) is 0. The molecule has 3 rings (SSSR count). The number of nitrogens with zero attached hydrogens (tertiary/aromatic N) is 3. The molecule has 2 aromatic carbocycles. The predicted octanol–water partition coefficient (Wildman–Crippen LogP) is 2.64. The maximum absolute atomic E-state index is 12.7. The first-order chi connectivity index (χ1) is 12.2. The van der Waals surface area contributed by atoms with Crippen LogP contribution in [-0.4, -0.2) is 51.9 Å². The van der Waals surface area contributed by atoms with Gasteiger partial charge < -0.3 is 0 Å². The molecule has 0 bridgehead atoms.